The molecule has 0 aliphatic carbocycles. The number of carbonyl (C=O) groups is 2. The van der Waals surface area contributed by atoms with Crippen LogP contribution >= 0.6 is 11.6 Å². The average Bonchev–Trinajstić information content (AvgIpc) is 2.75. The number of ether oxygens (including phenoxy) is 1. The van der Waals surface area contributed by atoms with Crippen molar-refractivity contribution in [3.63, 3.8) is 0 Å². The molecule has 1 N–H and O–H groups in total. The van der Waals surface area contributed by atoms with E-state index in [4.69, 9.17) is 16.3 Å². The normalized spacial score (nSPS) is 14.8. The van der Waals surface area contributed by atoms with Crippen LogP contribution < -0.4 is 15.0 Å². The van der Waals surface area contributed by atoms with E-state index < -0.39 is 5.60 Å². The lowest BCUT2D eigenvalue weighted by Crippen LogP contribution is -2.51. The summed E-state index contributed by atoms with van der Waals surface area (Å²) in [5, 5.41) is 3.53. The maximum absolute atomic E-state index is 12.8. The van der Waals surface area contributed by atoms with Gasteiger partial charge in [0, 0.05) is 48.0 Å². The summed E-state index contributed by atoms with van der Waals surface area (Å²) in [6.07, 6.45) is 0. The van der Waals surface area contributed by atoms with Crippen LogP contribution in [0.15, 0.2) is 48.5 Å². The number of carbonyl (C=O) groups excluding carboxylic acids is 2. The summed E-state index contributed by atoms with van der Waals surface area (Å²) in [5.74, 6) is 0.530. The molecule has 2 amide bonds. The minimum Gasteiger partial charge on any atom is -0.478 e. The summed E-state index contributed by atoms with van der Waals surface area (Å²) >= 11 is 5.90. The molecule has 7 heteroatoms. The number of benzene rings is 2. The summed E-state index contributed by atoms with van der Waals surface area (Å²) in [5.41, 5.74) is 0.366. The van der Waals surface area contributed by atoms with E-state index in [1.54, 1.807) is 38.1 Å². The first-order valence-electron chi connectivity index (χ1n) is 10.9. The molecule has 1 aliphatic rings. The van der Waals surface area contributed by atoms with Crippen LogP contribution in [0.5, 0.6) is 5.75 Å². The number of anilines is 2. The van der Waals surface area contributed by atoms with Crippen molar-refractivity contribution in [1.82, 2.24) is 4.90 Å². The maximum Gasteiger partial charge on any atom is 0.267 e. The van der Waals surface area contributed by atoms with Gasteiger partial charge in [0.15, 0.2) is 5.60 Å². The monoisotopic (exact) mass is 457 g/mol. The zero-order valence-electron chi connectivity index (χ0n) is 19.4. The fourth-order valence-electron chi connectivity index (χ4n) is 3.52. The van der Waals surface area contributed by atoms with Crippen molar-refractivity contribution in [2.75, 3.05) is 36.4 Å². The average molecular weight is 458 g/mol. The van der Waals surface area contributed by atoms with Crippen LogP contribution in [0.3, 0.4) is 0 Å². The summed E-state index contributed by atoms with van der Waals surface area (Å²) in [6, 6.07) is 14.7. The van der Waals surface area contributed by atoms with Crippen molar-refractivity contribution < 1.29 is 14.3 Å². The Morgan fingerprint density at radius 2 is 1.44 bits per heavy atom. The molecule has 0 bridgehead atoms. The fraction of sp³-hybridized carbons (Fsp3) is 0.440. The van der Waals surface area contributed by atoms with Gasteiger partial charge < -0.3 is 19.9 Å². The number of hydrogen-bond acceptors (Lipinski definition) is 4. The van der Waals surface area contributed by atoms with Crippen molar-refractivity contribution in [2.24, 2.45) is 5.41 Å². The van der Waals surface area contributed by atoms with Crippen LogP contribution in [-0.2, 0) is 9.59 Å². The number of piperazine rings is 1. The Labute approximate surface area is 195 Å². The highest BCUT2D eigenvalue weighted by atomic mass is 35.5. The molecule has 2 aromatic rings. The van der Waals surface area contributed by atoms with Gasteiger partial charge in [0.25, 0.3) is 5.91 Å². The van der Waals surface area contributed by atoms with E-state index in [0.29, 0.717) is 29.5 Å². The Bertz CT molecular complexity index is 942. The Balaban J connectivity index is 1.56. The molecule has 0 saturated carbocycles. The van der Waals surface area contributed by atoms with Gasteiger partial charge in [0.1, 0.15) is 5.75 Å². The van der Waals surface area contributed by atoms with Crippen molar-refractivity contribution in [3.05, 3.63) is 53.6 Å². The molecule has 6 nitrogen and oxygen atoms in total. The molecule has 0 radical (unpaired) electrons. The fourth-order valence-corrected chi connectivity index (χ4v) is 3.65. The highest BCUT2D eigenvalue weighted by molar-refractivity contribution is 6.30. The topological polar surface area (TPSA) is 61.9 Å². The van der Waals surface area contributed by atoms with Gasteiger partial charge in [-0.2, -0.15) is 0 Å². The van der Waals surface area contributed by atoms with Crippen LogP contribution in [0.1, 0.15) is 34.6 Å². The van der Waals surface area contributed by atoms with E-state index >= 15 is 0 Å². The molecule has 1 heterocycles. The third-order valence-corrected chi connectivity index (χ3v) is 5.68. The highest BCUT2D eigenvalue weighted by Gasteiger charge is 2.31. The Morgan fingerprint density at radius 3 is 1.97 bits per heavy atom. The van der Waals surface area contributed by atoms with Crippen molar-refractivity contribution in [1.29, 1.82) is 0 Å². The number of nitrogens with zero attached hydrogens (tertiary/aromatic N) is 2. The zero-order valence-corrected chi connectivity index (χ0v) is 20.2. The zero-order chi connectivity index (χ0) is 23.5. The smallest absolute Gasteiger partial charge is 0.267 e. The van der Waals surface area contributed by atoms with E-state index in [1.165, 1.54) is 0 Å². The third kappa shape index (κ3) is 5.94. The van der Waals surface area contributed by atoms with Gasteiger partial charge in [-0.3, -0.25) is 9.59 Å². The Kier molecular flexibility index (Phi) is 7.03. The van der Waals surface area contributed by atoms with Crippen molar-refractivity contribution >= 4 is 34.8 Å². The molecule has 0 aromatic heterocycles. The van der Waals surface area contributed by atoms with E-state index in [9.17, 15) is 9.59 Å². The third-order valence-electron chi connectivity index (χ3n) is 5.43. The van der Waals surface area contributed by atoms with E-state index in [-0.39, 0.29) is 17.2 Å². The lowest BCUT2D eigenvalue weighted by atomic mass is 9.94. The minimum atomic E-state index is -1.05. The molecule has 2 aromatic carbocycles. The SMILES string of the molecule is CC(C)(C)C(=O)N1CCN(c2ccc(NC(=O)C(C)(C)Oc3ccc(Cl)cc3)cc2)CC1. The second-order valence-corrected chi connectivity index (χ2v) is 10.0. The summed E-state index contributed by atoms with van der Waals surface area (Å²) < 4.78 is 5.85. The molecular weight excluding hydrogens is 426 g/mol. The maximum atomic E-state index is 12.8. The first-order chi connectivity index (χ1) is 15.0. The molecule has 0 spiro atoms. The van der Waals surface area contributed by atoms with Gasteiger partial charge in [-0.15, -0.1) is 0 Å². The van der Waals surface area contributed by atoms with Gasteiger partial charge >= 0.3 is 0 Å². The van der Waals surface area contributed by atoms with Crippen LogP contribution in [-0.4, -0.2) is 48.5 Å². The van der Waals surface area contributed by atoms with Crippen molar-refractivity contribution in [3.8, 4) is 5.75 Å². The first-order valence-corrected chi connectivity index (χ1v) is 11.2. The minimum absolute atomic E-state index is 0.193. The largest absolute Gasteiger partial charge is 0.478 e. The predicted octanol–water partition coefficient (Wildman–Crippen LogP) is 4.83. The summed E-state index contributed by atoms with van der Waals surface area (Å²) in [6.45, 7) is 12.3. The van der Waals surface area contributed by atoms with Gasteiger partial charge in [0.2, 0.25) is 5.91 Å². The Morgan fingerprint density at radius 1 is 0.875 bits per heavy atom. The van der Waals surface area contributed by atoms with Crippen LogP contribution in [0.4, 0.5) is 11.4 Å². The van der Waals surface area contributed by atoms with Crippen LogP contribution in [0, 0.1) is 5.41 Å². The number of amides is 2. The second-order valence-electron chi connectivity index (χ2n) is 9.60. The molecule has 1 saturated heterocycles. The van der Waals surface area contributed by atoms with E-state index in [0.717, 1.165) is 18.8 Å². The molecule has 1 aliphatic heterocycles. The number of hydrogen-bond donors (Lipinski definition) is 1. The van der Waals surface area contributed by atoms with Crippen LogP contribution in [0.2, 0.25) is 5.02 Å². The molecule has 32 heavy (non-hydrogen) atoms. The van der Waals surface area contributed by atoms with Gasteiger partial charge in [-0.1, -0.05) is 32.4 Å². The lowest BCUT2D eigenvalue weighted by Gasteiger charge is -2.38. The van der Waals surface area contributed by atoms with Gasteiger partial charge in [-0.25, -0.2) is 0 Å². The molecule has 0 unspecified atom stereocenters. The molecule has 3 rings (SSSR count). The van der Waals surface area contributed by atoms with E-state index in [1.807, 2.05) is 49.9 Å². The van der Waals surface area contributed by atoms with E-state index in [2.05, 4.69) is 10.2 Å². The highest BCUT2D eigenvalue weighted by Crippen LogP contribution is 2.25. The standard InChI is InChI=1S/C25H32ClN3O3/c1-24(2,3)23(31)29-16-14-28(15-17-29)20-10-8-19(9-11-20)27-22(30)25(4,5)32-21-12-6-18(26)7-13-21/h6-13H,14-17H2,1-5H3,(H,27,30). The van der Waals surface area contributed by atoms with Gasteiger partial charge in [-0.05, 0) is 62.4 Å². The van der Waals surface area contributed by atoms with Crippen LogP contribution in [0.25, 0.3) is 0 Å². The first kappa shape index (κ1) is 23.9. The molecule has 1 fully saturated rings. The number of halogens is 1. The van der Waals surface area contributed by atoms with Gasteiger partial charge in [0.05, 0.1) is 0 Å². The predicted molar refractivity (Wildman–Crippen MR) is 129 cm³/mol. The number of nitrogens with one attached hydrogen (secondary N) is 1. The molecular formula is C25H32ClN3O3. The summed E-state index contributed by atoms with van der Waals surface area (Å²) in [7, 11) is 0. The van der Waals surface area contributed by atoms with Crippen molar-refractivity contribution in [2.45, 2.75) is 40.2 Å². The quantitative estimate of drug-likeness (QED) is 0.698. The Hall–Kier alpha value is -2.73. The number of rotatable bonds is 5. The lowest BCUT2D eigenvalue weighted by molar-refractivity contribution is -0.139. The molecule has 0 atom stereocenters. The molecule has 172 valence electrons. The summed E-state index contributed by atoms with van der Waals surface area (Å²) in [4.78, 5) is 29.4. The second kappa shape index (κ2) is 9.41.